The van der Waals surface area contributed by atoms with Gasteiger partial charge in [-0.05, 0) is 33.3 Å². The third kappa shape index (κ3) is 9.54. The summed E-state index contributed by atoms with van der Waals surface area (Å²) in [5.74, 6) is 0.882. The van der Waals surface area contributed by atoms with E-state index in [0.29, 0.717) is 6.54 Å². The number of nitrogens with zero attached hydrogens (tertiary/aromatic N) is 2. The minimum Gasteiger partial charge on any atom is -0.379 e. The van der Waals surface area contributed by atoms with Crippen molar-refractivity contribution < 1.29 is 4.74 Å². The lowest BCUT2D eigenvalue weighted by molar-refractivity contribution is 0.0389. The standard InChI is InChI=1S/C21H37N5O.HI/c1-5-22-20(23-11-12-26-13-15-27-16-14-26)24-17-21(3,4)25-18(2)19-9-7-6-8-10-19;/h6-10,18,25H,5,11-17H2,1-4H3,(H2,22,23,24);1H. The number of guanidine groups is 1. The van der Waals surface area contributed by atoms with E-state index in [0.717, 1.165) is 51.9 Å². The smallest absolute Gasteiger partial charge is 0.191 e. The Balaban J connectivity index is 0.00000392. The number of hydrogen-bond acceptors (Lipinski definition) is 4. The second-order valence-corrected chi connectivity index (χ2v) is 7.74. The van der Waals surface area contributed by atoms with Gasteiger partial charge in [0.15, 0.2) is 5.96 Å². The Morgan fingerprint density at radius 2 is 1.86 bits per heavy atom. The van der Waals surface area contributed by atoms with Crippen LogP contribution in [0.1, 0.15) is 39.3 Å². The third-order valence-electron chi connectivity index (χ3n) is 4.71. The SMILES string of the molecule is CCNC(=NCC(C)(C)NC(C)c1ccccc1)NCCN1CCOCC1.I. The lowest BCUT2D eigenvalue weighted by atomic mass is 10.0. The third-order valence-corrected chi connectivity index (χ3v) is 4.71. The van der Waals surface area contributed by atoms with Crippen LogP contribution in [0.4, 0.5) is 0 Å². The van der Waals surface area contributed by atoms with E-state index in [9.17, 15) is 0 Å². The minimum atomic E-state index is -0.0954. The molecule has 0 aromatic heterocycles. The number of aliphatic imine (C=N–C) groups is 1. The first-order valence-corrected chi connectivity index (χ1v) is 10.1. The molecule has 2 rings (SSSR count). The number of morpholine rings is 1. The largest absolute Gasteiger partial charge is 0.379 e. The first-order chi connectivity index (χ1) is 13.0. The molecular weight excluding hydrogens is 465 g/mol. The van der Waals surface area contributed by atoms with Crippen LogP contribution < -0.4 is 16.0 Å². The van der Waals surface area contributed by atoms with Crippen molar-refractivity contribution in [2.45, 2.75) is 39.3 Å². The quantitative estimate of drug-likeness (QED) is 0.275. The highest BCUT2D eigenvalue weighted by Crippen LogP contribution is 2.16. The molecular formula is C21H38IN5O. The molecule has 0 radical (unpaired) electrons. The summed E-state index contributed by atoms with van der Waals surface area (Å²) in [6.07, 6.45) is 0. The lowest BCUT2D eigenvalue weighted by Gasteiger charge is -2.30. The van der Waals surface area contributed by atoms with Crippen LogP contribution in [0.5, 0.6) is 0 Å². The average Bonchev–Trinajstić information content (AvgIpc) is 2.67. The normalized spacial score (nSPS) is 16.9. The number of rotatable bonds is 9. The second-order valence-electron chi connectivity index (χ2n) is 7.74. The summed E-state index contributed by atoms with van der Waals surface area (Å²) in [6, 6.07) is 10.8. The maximum Gasteiger partial charge on any atom is 0.191 e. The fraction of sp³-hybridized carbons (Fsp3) is 0.667. The molecule has 1 aliphatic rings. The van der Waals surface area contributed by atoms with Crippen molar-refractivity contribution in [3.05, 3.63) is 35.9 Å². The second kappa shape index (κ2) is 13.3. The minimum absolute atomic E-state index is 0. The molecule has 1 aromatic carbocycles. The predicted molar refractivity (Wildman–Crippen MR) is 129 cm³/mol. The molecule has 1 atom stereocenters. The van der Waals surface area contributed by atoms with Gasteiger partial charge in [-0.3, -0.25) is 9.89 Å². The van der Waals surface area contributed by atoms with Gasteiger partial charge in [-0.15, -0.1) is 24.0 Å². The van der Waals surface area contributed by atoms with Crippen molar-refractivity contribution in [3.8, 4) is 0 Å². The first kappa shape index (κ1) is 25.1. The van der Waals surface area contributed by atoms with Gasteiger partial charge in [0.1, 0.15) is 0 Å². The lowest BCUT2D eigenvalue weighted by Crippen LogP contribution is -2.47. The molecule has 1 aliphatic heterocycles. The van der Waals surface area contributed by atoms with E-state index >= 15 is 0 Å². The van der Waals surface area contributed by atoms with Crippen LogP contribution in [0.15, 0.2) is 35.3 Å². The molecule has 28 heavy (non-hydrogen) atoms. The Morgan fingerprint density at radius 3 is 2.50 bits per heavy atom. The van der Waals surface area contributed by atoms with Crippen LogP contribution >= 0.6 is 24.0 Å². The number of ether oxygens (including phenoxy) is 1. The maximum atomic E-state index is 5.40. The molecule has 0 saturated carbocycles. The van der Waals surface area contributed by atoms with E-state index in [2.05, 4.69) is 78.9 Å². The monoisotopic (exact) mass is 503 g/mol. The summed E-state index contributed by atoms with van der Waals surface area (Å²) in [7, 11) is 0. The van der Waals surface area contributed by atoms with Crippen LogP contribution in [0.3, 0.4) is 0 Å². The van der Waals surface area contributed by atoms with E-state index in [1.165, 1.54) is 5.56 Å². The average molecular weight is 503 g/mol. The number of halogens is 1. The molecule has 1 fully saturated rings. The van der Waals surface area contributed by atoms with E-state index < -0.39 is 0 Å². The van der Waals surface area contributed by atoms with Crippen LogP contribution in [0.25, 0.3) is 0 Å². The number of hydrogen-bond donors (Lipinski definition) is 3. The molecule has 0 aliphatic carbocycles. The van der Waals surface area contributed by atoms with E-state index in [1.807, 2.05) is 0 Å². The fourth-order valence-electron chi connectivity index (χ4n) is 3.23. The summed E-state index contributed by atoms with van der Waals surface area (Å²) < 4.78 is 5.40. The highest BCUT2D eigenvalue weighted by molar-refractivity contribution is 14.0. The Kier molecular flexibility index (Phi) is 12.0. The van der Waals surface area contributed by atoms with E-state index in [-0.39, 0.29) is 35.6 Å². The molecule has 1 unspecified atom stereocenters. The maximum absolute atomic E-state index is 5.40. The van der Waals surface area contributed by atoms with Gasteiger partial charge in [0.05, 0.1) is 19.8 Å². The molecule has 0 spiro atoms. The van der Waals surface area contributed by atoms with Crippen molar-refractivity contribution in [2.75, 3.05) is 52.5 Å². The molecule has 7 heteroatoms. The van der Waals surface area contributed by atoms with Gasteiger partial charge in [-0.1, -0.05) is 30.3 Å². The van der Waals surface area contributed by atoms with Crippen molar-refractivity contribution in [1.29, 1.82) is 0 Å². The Hall–Kier alpha value is -0.900. The summed E-state index contributed by atoms with van der Waals surface area (Å²) in [5.41, 5.74) is 1.20. The van der Waals surface area contributed by atoms with Gasteiger partial charge < -0.3 is 20.7 Å². The topological polar surface area (TPSA) is 60.9 Å². The van der Waals surface area contributed by atoms with Gasteiger partial charge in [-0.25, -0.2) is 0 Å². The zero-order valence-corrected chi connectivity index (χ0v) is 20.2. The summed E-state index contributed by atoms with van der Waals surface area (Å²) in [6.45, 7) is 15.9. The predicted octanol–water partition coefficient (Wildman–Crippen LogP) is 2.62. The zero-order valence-electron chi connectivity index (χ0n) is 17.8. The van der Waals surface area contributed by atoms with Gasteiger partial charge in [0.2, 0.25) is 0 Å². The van der Waals surface area contributed by atoms with E-state index in [4.69, 9.17) is 9.73 Å². The first-order valence-electron chi connectivity index (χ1n) is 10.1. The van der Waals surface area contributed by atoms with Crippen molar-refractivity contribution in [2.24, 2.45) is 4.99 Å². The van der Waals surface area contributed by atoms with Crippen molar-refractivity contribution in [1.82, 2.24) is 20.9 Å². The summed E-state index contributed by atoms with van der Waals surface area (Å²) >= 11 is 0. The molecule has 3 N–H and O–H groups in total. The zero-order chi connectivity index (χ0) is 19.5. The number of nitrogens with one attached hydrogen (secondary N) is 3. The van der Waals surface area contributed by atoms with E-state index in [1.54, 1.807) is 0 Å². The highest BCUT2D eigenvalue weighted by atomic mass is 127. The molecule has 160 valence electrons. The van der Waals surface area contributed by atoms with Gasteiger partial charge in [-0.2, -0.15) is 0 Å². The number of benzene rings is 1. The Bertz CT molecular complexity index is 561. The van der Waals surface area contributed by atoms with Crippen molar-refractivity contribution >= 4 is 29.9 Å². The van der Waals surface area contributed by atoms with Crippen LogP contribution in [0, 0.1) is 0 Å². The van der Waals surface area contributed by atoms with Gasteiger partial charge in [0, 0.05) is 44.3 Å². The van der Waals surface area contributed by atoms with Gasteiger partial charge >= 0.3 is 0 Å². The molecule has 0 amide bonds. The van der Waals surface area contributed by atoms with Gasteiger partial charge in [0.25, 0.3) is 0 Å². The van der Waals surface area contributed by atoms with Crippen molar-refractivity contribution in [3.63, 3.8) is 0 Å². The molecule has 1 aromatic rings. The summed E-state index contributed by atoms with van der Waals surface area (Å²) in [5, 5.41) is 10.5. The van der Waals surface area contributed by atoms with Crippen LogP contribution in [0.2, 0.25) is 0 Å². The molecule has 1 heterocycles. The van der Waals surface area contributed by atoms with Crippen LogP contribution in [-0.4, -0.2) is 68.9 Å². The molecule has 6 nitrogen and oxygen atoms in total. The molecule has 0 bridgehead atoms. The Morgan fingerprint density at radius 1 is 1.18 bits per heavy atom. The Labute approximate surface area is 187 Å². The van der Waals surface area contributed by atoms with Crippen LogP contribution in [-0.2, 0) is 4.74 Å². The summed E-state index contributed by atoms with van der Waals surface area (Å²) in [4.78, 5) is 7.23. The highest BCUT2D eigenvalue weighted by Gasteiger charge is 2.20. The fourth-order valence-corrected chi connectivity index (χ4v) is 3.23. The molecule has 1 saturated heterocycles.